The van der Waals surface area contributed by atoms with Gasteiger partial charge >= 0.3 is 12.3 Å². The molecule has 3 rings (SSSR count). The zero-order valence-corrected chi connectivity index (χ0v) is 10.2. The number of fused-ring (bicyclic) bond motifs is 2. The van der Waals surface area contributed by atoms with Gasteiger partial charge < -0.3 is 19.3 Å². The van der Waals surface area contributed by atoms with Crippen molar-refractivity contribution in [3.8, 4) is 0 Å². The molecule has 100 valence electrons. The van der Waals surface area contributed by atoms with Gasteiger partial charge in [0.25, 0.3) is 0 Å². The highest BCUT2D eigenvalue weighted by Crippen LogP contribution is 2.46. The maximum absolute atomic E-state index is 11.3. The van der Waals surface area contributed by atoms with E-state index in [9.17, 15) is 9.59 Å². The standard InChI is InChI=1S/C12H16O6/c1-2-16-10(15)18-12-6-3-11(4-7-12,5-8-12)17-9(13)14/h3,6H,2,4-5,7-8H2,1H3,(H,13,14). The number of ether oxygens (including phenoxy) is 3. The second kappa shape index (κ2) is 4.51. The molecule has 0 heterocycles. The van der Waals surface area contributed by atoms with Crippen molar-refractivity contribution in [1.29, 1.82) is 0 Å². The highest BCUT2D eigenvalue weighted by atomic mass is 16.7. The lowest BCUT2D eigenvalue weighted by molar-refractivity contribution is -0.0875. The zero-order valence-electron chi connectivity index (χ0n) is 10.2. The van der Waals surface area contributed by atoms with E-state index in [4.69, 9.17) is 19.3 Å². The molecule has 0 aromatic rings. The van der Waals surface area contributed by atoms with Crippen molar-refractivity contribution in [1.82, 2.24) is 0 Å². The number of carbonyl (C=O) groups excluding carboxylic acids is 1. The third kappa shape index (κ3) is 2.42. The van der Waals surface area contributed by atoms with Crippen molar-refractivity contribution in [2.75, 3.05) is 6.61 Å². The molecule has 0 unspecified atom stereocenters. The lowest BCUT2D eigenvalue weighted by Gasteiger charge is -2.46. The molecule has 0 saturated heterocycles. The maximum Gasteiger partial charge on any atom is 0.509 e. The smallest absolute Gasteiger partial charge is 0.450 e. The second-order valence-electron chi connectivity index (χ2n) is 4.62. The molecule has 0 aliphatic heterocycles. The van der Waals surface area contributed by atoms with Gasteiger partial charge in [0.05, 0.1) is 6.61 Å². The molecule has 1 fully saturated rings. The predicted molar refractivity (Wildman–Crippen MR) is 60.3 cm³/mol. The van der Waals surface area contributed by atoms with Crippen LogP contribution in [-0.2, 0) is 14.2 Å². The van der Waals surface area contributed by atoms with Crippen LogP contribution in [0.25, 0.3) is 0 Å². The van der Waals surface area contributed by atoms with E-state index in [1.54, 1.807) is 19.1 Å². The summed E-state index contributed by atoms with van der Waals surface area (Å²) >= 11 is 0. The summed E-state index contributed by atoms with van der Waals surface area (Å²) in [7, 11) is 0. The molecule has 0 radical (unpaired) electrons. The first kappa shape index (κ1) is 12.7. The fraction of sp³-hybridized carbons (Fsp3) is 0.667. The Morgan fingerprint density at radius 2 is 1.61 bits per heavy atom. The van der Waals surface area contributed by atoms with Crippen LogP contribution in [0.3, 0.4) is 0 Å². The Morgan fingerprint density at radius 3 is 2.00 bits per heavy atom. The molecular formula is C12H16O6. The normalized spacial score (nSPS) is 32.9. The van der Waals surface area contributed by atoms with Crippen LogP contribution >= 0.6 is 0 Å². The van der Waals surface area contributed by atoms with Crippen LogP contribution in [0, 0.1) is 0 Å². The van der Waals surface area contributed by atoms with E-state index in [0.717, 1.165) is 0 Å². The predicted octanol–water partition coefficient (Wildman–Crippen LogP) is 2.48. The highest BCUT2D eigenvalue weighted by molar-refractivity contribution is 5.61. The minimum atomic E-state index is -1.28. The quantitative estimate of drug-likeness (QED) is 0.617. The van der Waals surface area contributed by atoms with Crippen molar-refractivity contribution in [3.05, 3.63) is 12.2 Å². The fourth-order valence-electron chi connectivity index (χ4n) is 2.49. The molecular weight excluding hydrogens is 240 g/mol. The van der Waals surface area contributed by atoms with Gasteiger partial charge in [-0.25, -0.2) is 9.59 Å². The summed E-state index contributed by atoms with van der Waals surface area (Å²) in [5.41, 5.74) is -1.40. The molecule has 1 N–H and O–H groups in total. The largest absolute Gasteiger partial charge is 0.509 e. The van der Waals surface area contributed by atoms with Crippen molar-refractivity contribution < 1.29 is 28.9 Å². The SMILES string of the molecule is CCOC(=O)OC12C=CC(OC(=O)O)(CC1)CC2. The average Bonchev–Trinajstić information content (AvgIpc) is 2.31. The molecule has 6 nitrogen and oxygen atoms in total. The number of carboxylic acid groups (broad SMARTS) is 1. The number of hydrogen-bond donors (Lipinski definition) is 1. The third-order valence-corrected chi connectivity index (χ3v) is 3.47. The van der Waals surface area contributed by atoms with E-state index >= 15 is 0 Å². The van der Waals surface area contributed by atoms with Crippen molar-refractivity contribution in [2.24, 2.45) is 0 Å². The Hall–Kier alpha value is -1.72. The molecule has 0 aromatic heterocycles. The Labute approximate surface area is 105 Å². The van der Waals surface area contributed by atoms with E-state index in [0.29, 0.717) is 25.7 Å². The molecule has 2 bridgehead atoms. The fourth-order valence-corrected chi connectivity index (χ4v) is 2.49. The lowest BCUT2D eigenvalue weighted by Crippen LogP contribution is -2.50. The Morgan fingerprint density at radius 1 is 1.11 bits per heavy atom. The van der Waals surface area contributed by atoms with Gasteiger partial charge in [0, 0.05) is 0 Å². The van der Waals surface area contributed by atoms with Crippen LogP contribution in [0.15, 0.2) is 12.2 Å². The van der Waals surface area contributed by atoms with Crippen LogP contribution < -0.4 is 0 Å². The van der Waals surface area contributed by atoms with Gasteiger partial charge in [0.1, 0.15) is 11.2 Å². The molecule has 18 heavy (non-hydrogen) atoms. The summed E-state index contributed by atoms with van der Waals surface area (Å²) in [6.45, 7) is 1.98. The van der Waals surface area contributed by atoms with Gasteiger partial charge in [-0.15, -0.1) is 0 Å². The first-order chi connectivity index (χ1) is 8.49. The minimum absolute atomic E-state index is 0.269. The van der Waals surface area contributed by atoms with Gasteiger partial charge in [-0.1, -0.05) is 0 Å². The molecule has 3 aliphatic rings. The summed E-state index contributed by atoms with van der Waals surface area (Å²) < 4.78 is 15.0. The Balaban J connectivity index is 2.04. The van der Waals surface area contributed by atoms with Crippen molar-refractivity contribution in [2.45, 2.75) is 43.8 Å². The van der Waals surface area contributed by atoms with E-state index in [1.165, 1.54) is 0 Å². The minimum Gasteiger partial charge on any atom is -0.450 e. The van der Waals surface area contributed by atoms with Gasteiger partial charge in [-0.2, -0.15) is 0 Å². The molecule has 0 atom stereocenters. The second-order valence-corrected chi connectivity index (χ2v) is 4.62. The van der Waals surface area contributed by atoms with Crippen molar-refractivity contribution in [3.63, 3.8) is 0 Å². The number of rotatable bonds is 3. The molecule has 1 saturated carbocycles. The number of carbonyl (C=O) groups is 2. The van der Waals surface area contributed by atoms with E-state index < -0.39 is 23.5 Å². The summed E-state index contributed by atoms with van der Waals surface area (Å²) in [5, 5.41) is 8.70. The zero-order chi connectivity index (χ0) is 13.2. The summed E-state index contributed by atoms with van der Waals surface area (Å²) in [4.78, 5) is 22.0. The molecule has 0 amide bonds. The summed E-state index contributed by atoms with van der Waals surface area (Å²) in [6, 6.07) is 0. The van der Waals surface area contributed by atoms with Crippen molar-refractivity contribution >= 4 is 12.3 Å². The van der Waals surface area contributed by atoms with Gasteiger partial charge in [0.15, 0.2) is 0 Å². The molecule has 0 aromatic carbocycles. The van der Waals surface area contributed by atoms with E-state index in [-0.39, 0.29) is 6.61 Å². The van der Waals surface area contributed by atoms with Gasteiger partial charge in [-0.05, 0) is 44.8 Å². The lowest BCUT2D eigenvalue weighted by atomic mass is 9.70. The first-order valence-corrected chi connectivity index (χ1v) is 5.97. The van der Waals surface area contributed by atoms with Gasteiger partial charge in [-0.3, -0.25) is 0 Å². The third-order valence-electron chi connectivity index (χ3n) is 3.47. The van der Waals surface area contributed by atoms with Crippen LogP contribution in [0.5, 0.6) is 0 Å². The van der Waals surface area contributed by atoms with Crippen LogP contribution in [0.4, 0.5) is 9.59 Å². The summed E-state index contributed by atoms with van der Waals surface area (Å²) in [6.07, 6.45) is 3.60. The maximum atomic E-state index is 11.3. The summed E-state index contributed by atoms with van der Waals surface area (Å²) in [5.74, 6) is 0. The van der Waals surface area contributed by atoms with E-state index in [2.05, 4.69) is 0 Å². The van der Waals surface area contributed by atoms with Crippen LogP contribution in [-0.4, -0.2) is 35.2 Å². The Kier molecular flexibility index (Phi) is 3.19. The first-order valence-electron chi connectivity index (χ1n) is 5.97. The average molecular weight is 256 g/mol. The van der Waals surface area contributed by atoms with Gasteiger partial charge in [0.2, 0.25) is 0 Å². The molecule has 0 spiro atoms. The monoisotopic (exact) mass is 256 g/mol. The topological polar surface area (TPSA) is 82.1 Å². The molecule has 3 aliphatic carbocycles. The number of hydrogen-bond acceptors (Lipinski definition) is 5. The van der Waals surface area contributed by atoms with Crippen LogP contribution in [0.1, 0.15) is 32.6 Å². The van der Waals surface area contributed by atoms with E-state index in [1.807, 2.05) is 0 Å². The molecule has 6 heteroatoms. The van der Waals surface area contributed by atoms with Crippen LogP contribution in [0.2, 0.25) is 0 Å². The highest BCUT2D eigenvalue weighted by Gasteiger charge is 2.49. The Bertz CT molecular complexity index is 378.